The predicted octanol–water partition coefficient (Wildman–Crippen LogP) is 7.91. The molecule has 0 aliphatic heterocycles. The SMILES string of the molecule is CC(C)(C)c1ccc(OCC(=O)Nc2ccc(Cc3ccc(NC(=O)COc4ccc(C(C)(C)C)cc4)cc3)cc2)cc1. The van der Waals surface area contributed by atoms with Crippen molar-refractivity contribution < 1.29 is 19.1 Å². The van der Waals surface area contributed by atoms with Crippen LogP contribution >= 0.6 is 0 Å². The lowest BCUT2D eigenvalue weighted by Gasteiger charge is -2.19. The monoisotopic (exact) mass is 578 g/mol. The van der Waals surface area contributed by atoms with Crippen LogP contribution in [0.1, 0.15) is 63.8 Å². The Morgan fingerprint density at radius 1 is 0.512 bits per heavy atom. The van der Waals surface area contributed by atoms with Crippen molar-refractivity contribution in [3.8, 4) is 11.5 Å². The van der Waals surface area contributed by atoms with Crippen LogP contribution in [0.25, 0.3) is 0 Å². The van der Waals surface area contributed by atoms with E-state index in [0.717, 1.165) is 17.5 Å². The highest BCUT2D eigenvalue weighted by Crippen LogP contribution is 2.25. The number of hydrogen-bond donors (Lipinski definition) is 2. The summed E-state index contributed by atoms with van der Waals surface area (Å²) in [6, 6.07) is 31.2. The van der Waals surface area contributed by atoms with Gasteiger partial charge in [0.15, 0.2) is 13.2 Å². The Morgan fingerprint density at radius 3 is 1.14 bits per heavy atom. The Balaban J connectivity index is 1.19. The minimum Gasteiger partial charge on any atom is -0.484 e. The van der Waals surface area contributed by atoms with Crippen LogP contribution in [0.2, 0.25) is 0 Å². The minimum absolute atomic E-state index is 0.0594. The van der Waals surface area contributed by atoms with Gasteiger partial charge in [0.2, 0.25) is 0 Å². The van der Waals surface area contributed by atoms with E-state index in [4.69, 9.17) is 9.47 Å². The van der Waals surface area contributed by atoms with Crippen LogP contribution in [0, 0.1) is 0 Å². The van der Waals surface area contributed by atoms with Gasteiger partial charge in [-0.05, 0) is 88.0 Å². The van der Waals surface area contributed by atoms with Gasteiger partial charge in [0.05, 0.1) is 0 Å². The van der Waals surface area contributed by atoms with Crippen molar-refractivity contribution in [3.63, 3.8) is 0 Å². The molecule has 0 aliphatic carbocycles. The van der Waals surface area contributed by atoms with E-state index in [1.807, 2.05) is 97.1 Å². The lowest BCUT2D eigenvalue weighted by Crippen LogP contribution is -2.20. The molecule has 0 saturated heterocycles. The first kappa shape index (κ1) is 31.4. The number of carbonyl (C=O) groups is 2. The molecule has 0 radical (unpaired) electrons. The molecule has 4 aromatic rings. The highest BCUT2D eigenvalue weighted by atomic mass is 16.5. The van der Waals surface area contributed by atoms with Crippen LogP contribution < -0.4 is 20.1 Å². The van der Waals surface area contributed by atoms with E-state index in [2.05, 4.69) is 52.2 Å². The molecule has 6 heteroatoms. The van der Waals surface area contributed by atoms with Gasteiger partial charge in [-0.25, -0.2) is 0 Å². The molecular formula is C37H42N2O4. The van der Waals surface area contributed by atoms with E-state index >= 15 is 0 Å². The highest BCUT2D eigenvalue weighted by Gasteiger charge is 2.14. The molecule has 0 fully saturated rings. The lowest BCUT2D eigenvalue weighted by molar-refractivity contribution is -0.118. The van der Waals surface area contributed by atoms with Crippen LogP contribution in [0.15, 0.2) is 97.1 Å². The van der Waals surface area contributed by atoms with Crippen LogP contribution in [0.4, 0.5) is 11.4 Å². The molecule has 0 heterocycles. The standard InChI is InChI=1S/C37H42N2O4/c1-36(2,3)28-11-19-32(20-12-28)42-24-34(40)38-30-15-7-26(8-16-30)23-27-9-17-31(18-10-27)39-35(41)25-43-33-21-13-29(14-22-33)37(4,5)6/h7-22H,23-25H2,1-6H3,(H,38,40)(H,39,41). The quantitative estimate of drug-likeness (QED) is 0.201. The van der Waals surface area contributed by atoms with Gasteiger partial charge in [-0.3, -0.25) is 9.59 Å². The topological polar surface area (TPSA) is 76.7 Å². The summed E-state index contributed by atoms with van der Waals surface area (Å²) in [6.45, 7) is 12.8. The molecule has 43 heavy (non-hydrogen) atoms. The number of ether oxygens (including phenoxy) is 2. The summed E-state index contributed by atoms with van der Waals surface area (Å²) < 4.78 is 11.3. The Labute approximate surface area is 255 Å². The summed E-state index contributed by atoms with van der Waals surface area (Å²) in [4.78, 5) is 24.8. The molecule has 2 amide bonds. The van der Waals surface area contributed by atoms with Gasteiger partial charge in [0.1, 0.15) is 11.5 Å². The second-order valence-corrected chi connectivity index (χ2v) is 12.8. The van der Waals surface area contributed by atoms with Crippen LogP contribution in [-0.2, 0) is 26.8 Å². The van der Waals surface area contributed by atoms with Crippen molar-refractivity contribution >= 4 is 23.2 Å². The normalized spacial score (nSPS) is 11.5. The minimum atomic E-state index is -0.214. The molecule has 0 aliphatic rings. The first-order valence-electron chi connectivity index (χ1n) is 14.6. The fraction of sp³-hybridized carbons (Fsp3) is 0.297. The molecule has 2 N–H and O–H groups in total. The molecule has 0 atom stereocenters. The van der Waals surface area contributed by atoms with Crippen molar-refractivity contribution in [1.29, 1.82) is 0 Å². The molecule has 4 rings (SSSR count). The predicted molar refractivity (Wildman–Crippen MR) is 174 cm³/mol. The van der Waals surface area contributed by atoms with E-state index < -0.39 is 0 Å². The van der Waals surface area contributed by atoms with Crippen LogP contribution in [0.3, 0.4) is 0 Å². The van der Waals surface area contributed by atoms with Gasteiger partial charge in [-0.1, -0.05) is 90.1 Å². The zero-order chi connectivity index (χ0) is 31.0. The molecule has 0 spiro atoms. The molecular weight excluding hydrogens is 536 g/mol. The zero-order valence-corrected chi connectivity index (χ0v) is 26.0. The smallest absolute Gasteiger partial charge is 0.262 e. The molecule has 4 aromatic carbocycles. The summed E-state index contributed by atoms with van der Waals surface area (Å²) in [5.74, 6) is 0.905. The number of rotatable bonds is 10. The fourth-order valence-corrected chi connectivity index (χ4v) is 4.44. The second-order valence-electron chi connectivity index (χ2n) is 12.8. The second kappa shape index (κ2) is 13.6. The van der Waals surface area contributed by atoms with E-state index in [-0.39, 0.29) is 35.9 Å². The molecule has 224 valence electrons. The van der Waals surface area contributed by atoms with E-state index in [9.17, 15) is 9.59 Å². The van der Waals surface area contributed by atoms with E-state index in [0.29, 0.717) is 22.9 Å². The van der Waals surface area contributed by atoms with Gasteiger partial charge >= 0.3 is 0 Å². The molecule has 0 bridgehead atoms. The van der Waals surface area contributed by atoms with Gasteiger partial charge in [0, 0.05) is 11.4 Å². The van der Waals surface area contributed by atoms with Gasteiger partial charge in [-0.2, -0.15) is 0 Å². The number of hydrogen-bond acceptors (Lipinski definition) is 4. The molecule has 0 saturated carbocycles. The van der Waals surface area contributed by atoms with Crippen molar-refractivity contribution in [2.75, 3.05) is 23.8 Å². The van der Waals surface area contributed by atoms with Crippen molar-refractivity contribution in [1.82, 2.24) is 0 Å². The molecule has 0 aromatic heterocycles. The summed E-state index contributed by atoms with van der Waals surface area (Å²) in [6.07, 6.45) is 0.726. The van der Waals surface area contributed by atoms with Gasteiger partial charge in [-0.15, -0.1) is 0 Å². The summed E-state index contributed by atoms with van der Waals surface area (Å²) in [5.41, 5.74) is 6.21. The summed E-state index contributed by atoms with van der Waals surface area (Å²) in [5, 5.41) is 5.76. The first-order chi connectivity index (χ1) is 20.3. The average molecular weight is 579 g/mol. The Morgan fingerprint density at radius 2 is 0.837 bits per heavy atom. The fourth-order valence-electron chi connectivity index (χ4n) is 4.44. The van der Waals surface area contributed by atoms with Crippen LogP contribution in [0.5, 0.6) is 11.5 Å². The average Bonchev–Trinajstić information content (AvgIpc) is 2.96. The van der Waals surface area contributed by atoms with Crippen molar-refractivity contribution in [3.05, 3.63) is 119 Å². The van der Waals surface area contributed by atoms with E-state index in [1.165, 1.54) is 11.1 Å². The number of anilines is 2. The van der Waals surface area contributed by atoms with Gasteiger partial charge in [0.25, 0.3) is 11.8 Å². The number of carbonyl (C=O) groups excluding carboxylic acids is 2. The third-order valence-electron chi connectivity index (χ3n) is 7.06. The lowest BCUT2D eigenvalue weighted by atomic mass is 9.87. The number of amides is 2. The third-order valence-corrected chi connectivity index (χ3v) is 7.06. The van der Waals surface area contributed by atoms with E-state index in [1.54, 1.807) is 0 Å². The van der Waals surface area contributed by atoms with Crippen molar-refractivity contribution in [2.45, 2.75) is 58.8 Å². The Hall–Kier alpha value is -4.58. The van der Waals surface area contributed by atoms with Gasteiger partial charge < -0.3 is 20.1 Å². The maximum Gasteiger partial charge on any atom is 0.262 e. The highest BCUT2D eigenvalue weighted by molar-refractivity contribution is 5.92. The number of nitrogens with one attached hydrogen (secondary N) is 2. The molecule has 6 nitrogen and oxygen atoms in total. The first-order valence-corrected chi connectivity index (χ1v) is 14.6. The maximum atomic E-state index is 12.4. The largest absolute Gasteiger partial charge is 0.484 e. The maximum absolute atomic E-state index is 12.4. The van der Waals surface area contributed by atoms with Crippen molar-refractivity contribution in [2.24, 2.45) is 0 Å². The Kier molecular flexibility index (Phi) is 9.92. The summed E-state index contributed by atoms with van der Waals surface area (Å²) >= 11 is 0. The molecule has 0 unspecified atom stereocenters. The Bertz CT molecular complexity index is 1380. The number of benzene rings is 4. The third kappa shape index (κ3) is 9.74. The zero-order valence-electron chi connectivity index (χ0n) is 26.0. The van der Waals surface area contributed by atoms with Crippen LogP contribution in [-0.4, -0.2) is 25.0 Å². The summed E-state index contributed by atoms with van der Waals surface area (Å²) in [7, 11) is 0.